The molecule has 2 aromatic rings. The Balaban J connectivity index is 2.13. The molecule has 1 heterocycles. The second-order valence-corrected chi connectivity index (χ2v) is 6.61. The third kappa shape index (κ3) is 2.45. The number of fused-ring (bicyclic) bond motifs is 1. The summed E-state index contributed by atoms with van der Waals surface area (Å²) in [4.78, 5) is 26.5. The van der Waals surface area contributed by atoms with Crippen molar-refractivity contribution in [3.63, 3.8) is 0 Å². The molecule has 1 atom stereocenters. The molecule has 0 spiro atoms. The molecule has 124 valence electrons. The minimum Gasteiger partial charge on any atom is -0.468 e. The second-order valence-electron chi connectivity index (χ2n) is 5.63. The van der Waals surface area contributed by atoms with Gasteiger partial charge in [0.05, 0.1) is 14.2 Å². The fourth-order valence-electron chi connectivity index (χ4n) is 3.41. The van der Waals surface area contributed by atoms with E-state index in [9.17, 15) is 9.59 Å². The normalized spacial score (nSPS) is 18.3. The number of thiophene rings is 1. The lowest BCUT2D eigenvalue weighted by molar-refractivity contribution is -0.163. The van der Waals surface area contributed by atoms with Crippen LogP contribution >= 0.6 is 11.3 Å². The molecular weight excluding hydrogens is 324 g/mol. The minimum atomic E-state index is -1.45. The molecule has 0 bridgehead atoms. The van der Waals surface area contributed by atoms with Gasteiger partial charge in [-0.2, -0.15) is 0 Å². The SMILES string of the molecule is COC(=O)C1(C(=O)OC)c2ccccc2C[C@H]1/C=C/c1cccs1. The summed E-state index contributed by atoms with van der Waals surface area (Å²) in [7, 11) is 2.60. The molecular formula is C19H18O4S. The summed E-state index contributed by atoms with van der Waals surface area (Å²) < 4.78 is 10.0. The quantitative estimate of drug-likeness (QED) is 0.632. The smallest absolute Gasteiger partial charge is 0.328 e. The van der Waals surface area contributed by atoms with Gasteiger partial charge < -0.3 is 9.47 Å². The summed E-state index contributed by atoms with van der Waals surface area (Å²) in [5.41, 5.74) is 0.187. The van der Waals surface area contributed by atoms with E-state index >= 15 is 0 Å². The number of allylic oxidation sites excluding steroid dienone is 1. The average molecular weight is 342 g/mol. The van der Waals surface area contributed by atoms with Crippen molar-refractivity contribution < 1.29 is 19.1 Å². The zero-order valence-corrected chi connectivity index (χ0v) is 14.3. The van der Waals surface area contributed by atoms with Crippen LogP contribution in [0.3, 0.4) is 0 Å². The highest BCUT2D eigenvalue weighted by atomic mass is 32.1. The van der Waals surface area contributed by atoms with Crippen LogP contribution in [0.25, 0.3) is 6.08 Å². The van der Waals surface area contributed by atoms with Crippen molar-refractivity contribution in [2.24, 2.45) is 5.92 Å². The van der Waals surface area contributed by atoms with E-state index in [0.29, 0.717) is 12.0 Å². The van der Waals surface area contributed by atoms with Gasteiger partial charge in [0, 0.05) is 10.8 Å². The summed E-state index contributed by atoms with van der Waals surface area (Å²) in [6.45, 7) is 0. The Labute approximate surface area is 144 Å². The van der Waals surface area contributed by atoms with Gasteiger partial charge >= 0.3 is 11.9 Å². The lowest BCUT2D eigenvalue weighted by Gasteiger charge is -2.29. The molecule has 0 amide bonds. The van der Waals surface area contributed by atoms with E-state index in [1.54, 1.807) is 11.3 Å². The van der Waals surface area contributed by atoms with Gasteiger partial charge in [-0.3, -0.25) is 9.59 Å². The lowest BCUT2D eigenvalue weighted by atomic mass is 9.74. The standard InChI is InChI=1S/C19H18O4S/c1-22-17(20)19(18(21)23-2)14(9-10-15-7-5-11-24-15)12-13-6-3-4-8-16(13)19/h3-11,14H,12H2,1-2H3/b10-9+/t14-/m1/s1. The van der Waals surface area contributed by atoms with E-state index in [-0.39, 0.29) is 5.92 Å². The van der Waals surface area contributed by atoms with Gasteiger partial charge in [0.25, 0.3) is 0 Å². The summed E-state index contributed by atoms with van der Waals surface area (Å²) >= 11 is 1.60. The zero-order chi connectivity index (χ0) is 17.2. The van der Waals surface area contributed by atoms with Gasteiger partial charge in [-0.25, -0.2) is 0 Å². The number of hydrogen-bond donors (Lipinski definition) is 0. The number of methoxy groups -OCH3 is 2. The highest BCUT2D eigenvalue weighted by Crippen LogP contribution is 2.46. The summed E-state index contributed by atoms with van der Waals surface area (Å²) in [5, 5.41) is 1.98. The number of rotatable bonds is 4. The first-order valence-electron chi connectivity index (χ1n) is 7.61. The van der Waals surface area contributed by atoms with E-state index < -0.39 is 17.4 Å². The number of hydrogen-bond acceptors (Lipinski definition) is 5. The van der Waals surface area contributed by atoms with Crippen LogP contribution in [0, 0.1) is 5.92 Å². The molecule has 0 radical (unpaired) electrons. The van der Waals surface area contributed by atoms with Gasteiger partial charge in [0.15, 0.2) is 5.41 Å². The topological polar surface area (TPSA) is 52.6 Å². The van der Waals surface area contributed by atoms with Crippen LogP contribution < -0.4 is 0 Å². The molecule has 0 fully saturated rings. The van der Waals surface area contributed by atoms with Crippen LogP contribution in [-0.4, -0.2) is 26.2 Å². The fourth-order valence-corrected chi connectivity index (χ4v) is 4.04. The Kier molecular flexibility index (Phi) is 4.53. The van der Waals surface area contributed by atoms with Crippen LogP contribution in [0.2, 0.25) is 0 Å². The largest absolute Gasteiger partial charge is 0.468 e. The molecule has 0 unspecified atom stereocenters. The molecule has 1 aliphatic carbocycles. The van der Waals surface area contributed by atoms with Crippen molar-refractivity contribution in [2.75, 3.05) is 14.2 Å². The van der Waals surface area contributed by atoms with Crippen molar-refractivity contribution in [1.29, 1.82) is 0 Å². The Morgan fingerprint density at radius 2 is 1.83 bits per heavy atom. The molecule has 4 nitrogen and oxygen atoms in total. The summed E-state index contributed by atoms with van der Waals surface area (Å²) in [6, 6.07) is 11.4. The molecule has 3 rings (SSSR count). The summed E-state index contributed by atoms with van der Waals surface area (Å²) in [6.07, 6.45) is 4.45. The van der Waals surface area contributed by atoms with Gasteiger partial charge in [0.1, 0.15) is 0 Å². The molecule has 24 heavy (non-hydrogen) atoms. The van der Waals surface area contributed by atoms with Crippen molar-refractivity contribution in [1.82, 2.24) is 0 Å². The number of carbonyl (C=O) groups is 2. The Hall–Kier alpha value is -2.40. The van der Waals surface area contributed by atoms with Crippen LogP contribution in [0.15, 0.2) is 47.9 Å². The van der Waals surface area contributed by atoms with E-state index in [2.05, 4.69) is 0 Å². The average Bonchev–Trinajstić information content (AvgIpc) is 3.24. The van der Waals surface area contributed by atoms with Gasteiger partial charge in [-0.15, -0.1) is 11.3 Å². The number of esters is 2. The van der Waals surface area contributed by atoms with Crippen molar-refractivity contribution in [3.05, 3.63) is 63.9 Å². The van der Waals surface area contributed by atoms with Crippen molar-refractivity contribution in [2.45, 2.75) is 11.8 Å². The predicted octanol–water partition coefficient (Wildman–Crippen LogP) is 3.22. The van der Waals surface area contributed by atoms with E-state index in [1.165, 1.54) is 14.2 Å². The highest BCUT2D eigenvalue weighted by Gasteiger charge is 2.59. The van der Waals surface area contributed by atoms with Crippen LogP contribution in [0.1, 0.15) is 16.0 Å². The monoisotopic (exact) mass is 342 g/mol. The number of ether oxygens (including phenoxy) is 2. The highest BCUT2D eigenvalue weighted by molar-refractivity contribution is 7.10. The first kappa shape index (κ1) is 16.5. The van der Waals surface area contributed by atoms with E-state index in [4.69, 9.17) is 9.47 Å². The first-order chi connectivity index (χ1) is 11.6. The van der Waals surface area contributed by atoms with Crippen molar-refractivity contribution in [3.8, 4) is 0 Å². The van der Waals surface area contributed by atoms with Crippen LogP contribution in [-0.2, 0) is 30.9 Å². The van der Waals surface area contributed by atoms with Crippen molar-refractivity contribution >= 4 is 29.4 Å². The molecule has 0 aliphatic heterocycles. The van der Waals surface area contributed by atoms with Crippen LogP contribution in [0.4, 0.5) is 0 Å². The molecule has 1 aliphatic rings. The second kappa shape index (κ2) is 6.61. The molecule has 5 heteroatoms. The minimum absolute atomic E-state index is 0.350. The summed E-state index contributed by atoms with van der Waals surface area (Å²) in [5.74, 6) is -1.52. The molecule has 1 aromatic carbocycles. The third-order valence-electron chi connectivity index (χ3n) is 4.49. The first-order valence-corrected chi connectivity index (χ1v) is 8.49. The maximum atomic E-state index is 12.7. The third-order valence-corrected chi connectivity index (χ3v) is 5.33. The maximum absolute atomic E-state index is 12.7. The lowest BCUT2D eigenvalue weighted by Crippen LogP contribution is -2.48. The molecule has 0 saturated carbocycles. The van der Waals surface area contributed by atoms with Gasteiger partial charge in [-0.05, 0) is 35.1 Å². The maximum Gasteiger partial charge on any atom is 0.328 e. The molecule has 0 N–H and O–H groups in total. The van der Waals surface area contributed by atoms with Gasteiger partial charge in [-0.1, -0.05) is 36.4 Å². The molecule has 1 aromatic heterocycles. The van der Waals surface area contributed by atoms with Gasteiger partial charge in [0.2, 0.25) is 0 Å². The fraction of sp³-hybridized carbons (Fsp3) is 0.263. The molecule has 0 saturated heterocycles. The number of carbonyl (C=O) groups excluding carboxylic acids is 2. The predicted molar refractivity (Wildman–Crippen MR) is 92.7 cm³/mol. The Bertz CT molecular complexity index is 760. The Morgan fingerprint density at radius 1 is 1.12 bits per heavy atom. The zero-order valence-electron chi connectivity index (χ0n) is 13.5. The Morgan fingerprint density at radius 3 is 2.46 bits per heavy atom. The van der Waals surface area contributed by atoms with E-state index in [1.807, 2.05) is 53.9 Å². The van der Waals surface area contributed by atoms with Crippen LogP contribution in [0.5, 0.6) is 0 Å². The number of benzene rings is 1. The van der Waals surface area contributed by atoms with E-state index in [0.717, 1.165) is 10.4 Å².